The molecule has 0 fully saturated rings. The molecule has 7 nitrogen and oxygen atoms in total. The van der Waals surface area contributed by atoms with Crippen molar-refractivity contribution >= 4 is 50.2 Å². The molecule has 0 atom stereocenters. The third-order valence-electron chi connectivity index (χ3n) is 3.78. The standard InChI is InChI=1S/C19H15BrN4O3S/c1-2-11-23-17(15-5-3-4-6-16(15)24(26)27)12-28-19(22-23)21-18(25)13-7-9-14(20)10-8-13/h2-10,12H,1,11H2,(H,21,22,25). The molecule has 2 aromatic rings. The van der Waals surface area contributed by atoms with Crippen LogP contribution >= 0.6 is 27.7 Å². The lowest BCUT2D eigenvalue weighted by Gasteiger charge is -2.25. The van der Waals surface area contributed by atoms with Crippen LogP contribution in [0.2, 0.25) is 0 Å². The summed E-state index contributed by atoms with van der Waals surface area (Å²) in [5.74, 6) is -0.292. The van der Waals surface area contributed by atoms with Crippen molar-refractivity contribution in [2.75, 3.05) is 6.54 Å². The Balaban J connectivity index is 1.84. The van der Waals surface area contributed by atoms with E-state index < -0.39 is 4.92 Å². The number of rotatable bonds is 5. The van der Waals surface area contributed by atoms with Crippen LogP contribution in [0.15, 0.2) is 76.2 Å². The Bertz CT molecular complexity index is 989. The fourth-order valence-corrected chi connectivity index (χ4v) is 3.53. The monoisotopic (exact) mass is 458 g/mol. The summed E-state index contributed by atoms with van der Waals surface area (Å²) in [5, 5.41) is 22.2. The van der Waals surface area contributed by atoms with Gasteiger partial charge in [0.25, 0.3) is 11.6 Å². The highest BCUT2D eigenvalue weighted by Gasteiger charge is 2.24. The second-order valence-corrected chi connectivity index (χ2v) is 7.41. The van der Waals surface area contributed by atoms with Gasteiger partial charge in [-0.05, 0) is 30.3 Å². The predicted molar refractivity (Wildman–Crippen MR) is 115 cm³/mol. The van der Waals surface area contributed by atoms with Gasteiger partial charge in [-0.25, -0.2) is 0 Å². The summed E-state index contributed by atoms with van der Waals surface area (Å²) in [4.78, 5) is 23.3. The van der Waals surface area contributed by atoms with Crippen LogP contribution in [0.25, 0.3) is 5.70 Å². The van der Waals surface area contributed by atoms with Crippen molar-refractivity contribution in [2.24, 2.45) is 5.10 Å². The average molecular weight is 459 g/mol. The molecule has 0 saturated heterocycles. The van der Waals surface area contributed by atoms with Crippen molar-refractivity contribution in [1.82, 2.24) is 10.3 Å². The van der Waals surface area contributed by atoms with Gasteiger partial charge in [-0.1, -0.05) is 45.9 Å². The third-order valence-corrected chi connectivity index (χ3v) is 5.05. The minimum absolute atomic E-state index is 0.0130. The number of hydrogen-bond donors (Lipinski definition) is 1. The molecule has 0 bridgehead atoms. The van der Waals surface area contributed by atoms with E-state index in [0.29, 0.717) is 28.5 Å². The van der Waals surface area contributed by atoms with E-state index >= 15 is 0 Å². The summed E-state index contributed by atoms with van der Waals surface area (Å²) >= 11 is 4.52. The number of nitro benzene ring substituents is 1. The first kappa shape index (κ1) is 19.8. The zero-order valence-corrected chi connectivity index (χ0v) is 16.9. The van der Waals surface area contributed by atoms with E-state index in [1.807, 2.05) is 0 Å². The van der Waals surface area contributed by atoms with E-state index in [1.165, 1.54) is 17.8 Å². The molecule has 0 aliphatic carbocycles. The number of nitrogens with zero attached hydrogens (tertiary/aromatic N) is 3. The molecular weight excluding hydrogens is 444 g/mol. The molecule has 0 saturated carbocycles. The summed E-state index contributed by atoms with van der Waals surface area (Å²) in [6.07, 6.45) is 1.64. The fourth-order valence-electron chi connectivity index (χ4n) is 2.50. The highest BCUT2D eigenvalue weighted by molar-refractivity contribution is 9.10. The Morgan fingerprint density at radius 1 is 1.29 bits per heavy atom. The van der Waals surface area contributed by atoms with E-state index in [1.54, 1.807) is 59.0 Å². The van der Waals surface area contributed by atoms with Crippen LogP contribution in [-0.2, 0) is 0 Å². The lowest BCUT2D eigenvalue weighted by atomic mass is 10.1. The maximum absolute atomic E-state index is 12.4. The van der Waals surface area contributed by atoms with Crippen LogP contribution in [-0.4, -0.2) is 27.6 Å². The molecule has 1 N–H and O–H groups in total. The van der Waals surface area contributed by atoms with Crippen molar-refractivity contribution in [3.05, 3.63) is 92.3 Å². The zero-order chi connectivity index (χ0) is 20.1. The predicted octanol–water partition coefficient (Wildman–Crippen LogP) is 4.59. The Morgan fingerprint density at radius 3 is 2.68 bits per heavy atom. The number of para-hydroxylation sites is 1. The number of hydrazone groups is 1. The molecule has 1 aliphatic rings. The summed E-state index contributed by atoms with van der Waals surface area (Å²) in [6, 6.07) is 13.4. The van der Waals surface area contributed by atoms with E-state index in [-0.39, 0.29) is 11.6 Å². The number of benzene rings is 2. The number of amidine groups is 1. The second kappa shape index (κ2) is 8.85. The average Bonchev–Trinajstić information content (AvgIpc) is 2.69. The summed E-state index contributed by atoms with van der Waals surface area (Å²) in [6.45, 7) is 4.04. The number of halogens is 1. The normalized spacial score (nSPS) is 13.4. The molecule has 142 valence electrons. The van der Waals surface area contributed by atoms with Crippen molar-refractivity contribution in [3.8, 4) is 0 Å². The molecule has 1 aliphatic heterocycles. The van der Waals surface area contributed by atoms with E-state index in [2.05, 4.69) is 32.9 Å². The molecule has 1 amide bonds. The fraction of sp³-hybridized carbons (Fsp3) is 0.0526. The molecule has 0 unspecified atom stereocenters. The first-order valence-corrected chi connectivity index (χ1v) is 9.81. The Morgan fingerprint density at radius 2 is 2.00 bits per heavy atom. The highest BCUT2D eigenvalue weighted by Crippen LogP contribution is 2.33. The minimum atomic E-state index is -0.429. The molecule has 0 spiro atoms. The van der Waals surface area contributed by atoms with Gasteiger partial charge in [-0.2, -0.15) is 0 Å². The molecule has 3 rings (SSSR count). The zero-order valence-electron chi connectivity index (χ0n) is 14.5. The third kappa shape index (κ3) is 4.49. The van der Waals surface area contributed by atoms with E-state index in [9.17, 15) is 14.9 Å². The van der Waals surface area contributed by atoms with Crippen molar-refractivity contribution in [1.29, 1.82) is 0 Å². The van der Waals surface area contributed by atoms with Crippen LogP contribution in [0, 0.1) is 10.1 Å². The molecule has 0 radical (unpaired) electrons. The molecule has 2 aromatic carbocycles. The van der Waals surface area contributed by atoms with Gasteiger partial charge in [0.15, 0.2) is 5.17 Å². The van der Waals surface area contributed by atoms with Gasteiger partial charge < -0.3 is 0 Å². The lowest BCUT2D eigenvalue weighted by Crippen LogP contribution is -2.32. The van der Waals surface area contributed by atoms with Gasteiger partial charge in [0, 0.05) is 21.5 Å². The van der Waals surface area contributed by atoms with Crippen molar-refractivity contribution in [2.45, 2.75) is 0 Å². The topological polar surface area (TPSA) is 87.8 Å². The molecule has 9 heteroatoms. The summed E-state index contributed by atoms with van der Waals surface area (Å²) < 4.78 is 0.877. The van der Waals surface area contributed by atoms with Gasteiger partial charge in [0.2, 0.25) is 0 Å². The van der Waals surface area contributed by atoms with Crippen LogP contribution in [0.5, 0.6) is 0 Å². The molecule has 1 heterocycles. The lowest BCUT2D eigenvalue weighted by molar-refractivity contribution is -0.385. The number of nitrogens with one attached hydrogen (secondary N) is 1. The minimum Gasteiger partial charge on any atom is -0.299 e. The highest BCUT2D eigenvalue weighted by atomic mass is 79.9. The van der Waals surface area contributed by atoms with Gasteiger partial charge in [-0.3, -0.25) is 25.2 Å². The van der Waals surface area contributed by atoms with Crippen LogP contribution in [0.4, 0.5) is 5.69 Å². The summed E-state index contributed by atoms with van der Waals surface area (Å²) in [5.41, 5.74) is 1.50. The van der Waals surface area contributed by atoms with Gasteiger partial charge >= 0.3 is 0 Å². The second-order valence-electron chi connectivity index (χ2n) is 5.63. The van der Waals surface area contributed by atoms with Gasteiger partial charge in [-0.15, -0.1) is 11.7 Å². The van der Waals surface area contributed by atoms with Crippen LogP contribution in [0.3, 0.4) is 0 Å². The van der Waals surface area contributed by atoms with Gasteiger partial charge in [0.05, 0.1) is 22.7 Å². The van der Waals surface area contributed by atoms with Gasteiger partial charge in [0.1, 0.15) is 0 Å². The van der Waals surface area contributed by atoms with Crippen molar-refractivity contribution < 1.29 is 9.72 Å². The van der Waals surface area contributed by atoms with Crippen molar-refractivity contribution in [3.63, 3.8) is 0 Å². The van der Waals surface area contributed by atoms with Crippen LogP contribution < -0.4 is 5.32 Å². The SMILES string of the molecule is C=CCN1N=C(NC(=O)c2ccc(Br)cc2)SC=C1c1ccccc1[N+](=O)[O-]. The van der Waals surface area contributed by atoms with E-state index in [0.717, 1.165) is 4.47 Å². The number of nitro groups is 1. The summed E-state index contributed by atoms with van der Waals surface area (Å²) in [7, 11) is 0. The van der Waals surface area contributed by atoms with E-state index in [4.69, 9.17) is 0 Å². The molecular formula is C19H15BrN4O3S. The Labute approximate surface area is 174 Å². The maximum atomic E-state index is 12.4. The largest absolute Gasteiger partial charge is 0.299 e. The smallest absolute Gasteiger partial charge is 0.278 e. The number of amides is 1. The Kier molecular flexibility index (Phi) is 6.27. The first-order chi connectivity index (χ1) is 13.5. The number of carbonyl (C=O) groups is 1. The molecule has 0 aromatic heterocycles. The Hall–Kier alpha value is -2.91. The molecule has 28 heavy (non-hydrogen) atoms. The quantitative estimate of drug-likeness (QED) is 0.402. The maximum Gasteiger partial charge on any atom is 0.278 e. The van der Waals surface area contributed by atoms with Crippen LogP contribution in [0.1, 0.15) is 15.9 Å². The number of hydrogen-bond acceptors (Lipinski definition) is 6. The number of carbonyl (C=O) groups excluding carboxylic acids is 1. The number of thioether (sulfide) groups is 1. The first-order valence-electron chi connectivity index (χ1n) is 8.14.